The molecule has 5 rings (SSSR count). The average Bonchev–Trinajstić information content (AvgIpc) is 3.42. The molecule has 0 saturated carbocycles. The van der Waals surface area contributed by atoms with Gasteiger partial charge in [0.25, 0.3) is 5.78 Å². The fraction of sp³-hybridized carbons (Fsp3) is 0.207. The topological polar surface area (TPSA) is 89.0 Å². The number of hydrogen-bond donors (Lipinski definition) is 1. The number of aryl methyl sites for hydroxylation is 3. The molecule has 1 aromatic heterocycles. The monoisotopic (exact) mass is 514 g/mol. The first-order valence-electron chi connectivity index (χ1n) is 11.7. The van der Waals surface area contributed by atoms with Gasteiger partial charge in [-0.3, -0.25) is 14.5 Å². The van der Waals surface area contributed by atoms with Crippen LogP contribution in [0.25, 0.3) is 16.0 Å². The van der Waals surface area contributed by atoms with E-state index in [-0.39, 0.29) is 11.3 Å². The maximum Gasteiger partial charge on any atom is 0.301 e. The molecule has 37 heavy (non-hydrogen) atoms. The molecule has 0 spiro atoms. The summed E-state index contributed by atoms with van der Waals surface area (Å²) in [6.07, 6.45) is 0. The highest BCUT2D eigenvalue weighted by atomic mass is 32.1. The number of thiazole rings is 1. The van der Waals surface area contributed by atoms with Crippen LogP contribution in [0.2, 0.25) is 0 Å². The van der Waals surface area contributed by atoms with Crippen LogP contribution >= 0.6 is 11.3 Å². The number of aromatic nitrogens is 1. The smallest absolute Gasteiger partial charge is 0.301 e. The Morgan fingerprint density at radius 3 is 2.30 bits per heavy atom. The minimum absolute atomic E-state index is 0.00627. The van der Waals surface area contributed by atoms with Crippen molar-refractivity contribution in [3.63, 3.8) is 0 Å². The molecule has 1 atom stereocenters. The summed E-state index contributed by atoms with van der Waals surface area (Å²) in [5, 5.41) is 11.7. The molecule has 1 aliphatic heterocycles. The fourth-order valence-electron chi connectivity index (χ4n) is 4.70. The Kier molecular flexibility index (Phi) is 6.21. The zero-order valence-corrected chi connectivity index (χ0v) is 22.0. The molecule has 0 aliphatic carbocycles. The number of rotatable bonds is 5. The van der Waals surface area contributed by atoms with E-state index in [9.17, 15) is 14.7 Å². The minimum atomic E-state index is -0.914. The van der Waals surface area contributed by atoms with Crippen LogP contribution in [-0.2, 0) is 9.59 Å². The van der Waals surface area contributed by atoms with Crippen LogP contribution < -0.4 is 14.4 Å². The summed E-state index contributed by atoms with van der Waals surface area (Å²) in [5.41, 5.74) is 4.87. The SMILES string of the molecule is COc1ccc([C@@H]2C(=C(O)c3ccc(C)cc3)C(=O)C(=O)N2c2nc3c(C)cc(C)cc3s2)cc1OC. The number of carbonyl (C=O) groups excluding carboxylic acids is 2. The van der Waals surface area contributed by atoms with Gasteiger partial charge in [-0.25, -0.2) is 4.98 Å². The molecule has 1 saturated heterocycles. The van der Waals surface area contributed by atoms with Gasteiger partial charge in [0, 0.05) is 5.56 Å². The molecule has 2 heterocycles. The second-order valence-electron chi connectivity index (χ2n) is 9.07. The number of methoxy groups -OCH3 is 2. The maximum absolute atomic E-state index is 13.5. The molecule has 188 valence electrons. The van der Waals surface area contributed by atoms with E-state index in [4.69, 9.17) is 14.5 Å². The van der Waals surface area contributed by atoms with Crippen LogP contribution in [0.5, 0.6) is 11.5 Å². The average molecular weight is 515 g/mol. The zero-order chi connectivity index (χ0) is 26.4. The molecule has 7 nitrogen and oxygen atoms in total. The van der Waals surface area contributed by atoms with Gasteiger partial charge in [0.05, 0.1) is 36.1 Å². The lowest BCUT2D eigenvalue weighted by atomic mass is 9.95. The summed E-state index contributed by atoms with van der Waals surface area (Å²) in [5.74, 6) is -0.815. The van der Waals surface area contributed by atoms with Crippen molar-refractivity contribution in [2.24, 2.45) is 0 Å². The maximum atomic E-state index is 13.5. The van der Waals surface area contributed by atoms with Crippen molar-refractivity contribution in [3.8, 4) is 11.5 Å². The number of anilines is 1. The van der Waals surface area contributed by atoms with Crippen molar-refractivity contribution >= 4 is 44.1 Å². The number of hydrogen-bond acceptors (Lipinski definition) is 7. The van der Waals surface area contributed by atoms with Gasteiger partial charge in [-0.1, -0.05) is 53.3 Å². The summed E-state index contributed by atoms with van der Waals surface area (Å²) in [7, 11) is 3.05. The standard InChI is InChI=1S/C29H26N2O5S/c1-15-6-8-18(9-7-15)26(32)23-25(19-10-11-20(35-4)21(14-19)36-5)31(28(34)27(23)33)29-30-24-17(3)12-16(2)13-22(24)37-29/h6-14,25,32H,1-5H3/t25-/m1/s1. The molecule has 0 bridgehead atoms. The van der Waals surface area contributed by atoms with E-state index in [0.29, 0.717) is 27.8 Å². The predicted octanol–water partition coefficient (Wildman–Crippen LogP) is 5.87. The third-order valence-corrected chi connectivity index (χ3v) is 7.52. The van der Waals surface area contributed by atoms with E-state index in [0.717, 1.165) is 26.9 Å². The van der Waals surface area contributed by atoms with E-state index in [1.165, 1.54) is 30.5 Å². The number of fused-ring (bicyclic) bond motifs is 1. The Hall–Kier alpha value is -4.17. The predicted molar refractivity (Wildman–Crippen MR) is 145 cm³/mol. The fourth-order valence-corrected chi connectivity index (χ4v) is 5.87. The van der Waals surface area contributed by atoms with Crippen LogP contribution in [0.3, 0.4) is 0 Å². The Labute approximate surface area is 218 Å². The number of ether oxygens (including phenoxy) is 2. The van der Waals surface area contributed by atoms with E-state index < -0.39 is 17.7 Å². The van der Waals surface area contributed by atoms with Crippen LogP contribution in [0.15, 0.2) is 60.2 Å². The largest absolute Gasteiger partial charge is 0.507 e. The highest BCUT2D eigenvalue weighted by molar-refractivity contribution is 7.22. The van der Waals surface area contributed by atoms with E-state index >= 15 is 0 Å². The number of Topliss-reactive ketones (excluding diaryl/α,β-unsaturated/α-hetero) is 1. The number of ketones is 1. The lowest BCUT2D eigenvalue weighted by Crippen LogP contribution is -2.29. The third kappa shape index (κ3) is 4.13. The number of carbonyl (C=O) groups is 2. The number of amides is 1. The minimum Gasteiger partial charge on any atom is -0.507 e. The molecule has 1 fully saturated rings. The highest BCUT2D eigenvalue weighted by Gasteiger charge is 2.48. The Morgan fingerprint density at radius 2 is 1.62 bits per heavy atom. The van der Waals surface area contributed by atoms with Gasteiger partial charge in [-0.15, -0.1) is 0 Å². The zero-order valence-electron chi connectivity index (χ0n) is 21.2. The number of nitrogens with zero attached hydrogens (tertiary/aromatic N) is 2. The van der Waals surface area contributed by atoms with E-state index in [1.807, 2.05) is 45.0 Å². The second kappa shape index (κ2) is 9.37. The normalized spacial score (nSPS) is 17.0. The summed E-state index contributed by atoms with van der Waals surface area (Å²) in [6.45, 7) is 5.91. The molecule has 8 heteroatoms. The van der Waals surface area contributed by atoms with Crippen molar-refractivity contribution in [2.45, 2.75) is 26.8 Å². The summed E-state index contributed by atoms with van der Waals surface area (Å²) < 4.78 is 11.8. The van der Waals surface area contributed by atoms with Gasteiger partial charge in [-0.2, -0.15) is 0 Å². The van der Waals surface area contributed by atoms with Crippen molar-refractivity contribution < 1.29 is 24.2 Å². The van der Waals surface area contributed by atoms with Gasteiger partial charge in [0.1, 0.15) is 5.76 Å². The van der Waals surface area contributed by atoms with Crippen molar-refractivity contribution in [1.82, 2.24) is 4.98 Å². The lowest BCUT2D eigenvalue weighted by Gasteiger charge is -2.23. The molecular formula is C29H26N2O5S. The Morgan fingerprint density at radius 1 is 0.919 bits per heavy atom. The Bertz CT molecular complexity index is 1590. The van der Waals surface area contributed by atoms with Gasteiger partial charge >= 0.3 is 5.91 Å². The molecule has 1 amide bonds. The van der Waals surface area contributed by atoms with Crippen LogP contribution in [-0.4, -0.2) is 36.0 Å². The number of aliphatic hydroxyl groups is 1. The van der Waals surface area contributed by atoms with E-state index in [1.54, 1.807) is 30.3 Å². The molecule has 0 radical (unpaired) electrons. The summed E-state index contributed by atoms with van der Waals surface area (Å²) >= 11 is 1.34. The molecule has 1 aliphatic rings. The molecular weight excluding hydrogens is 488 g/mol. The first kappa shape index (κ1) is 24.5. The quantitative estimate of drug-likeness (QED) is 0.204. The molecule has 4 aromatic rings. The Balaban J connectivity index is 1.76. The first-order valence-corrected chi connectivity index (χ1v) is 12.5. The summed E-state index contributed by atoms with van der Waals surface area (Å²) in [4.78, 5) is 33.2. The lowest BCUT2D eigenvalue weighted by molar-refractivity contribution is -0.132. The number of benzene rings is 3. The van der Waals surface area contributed by atoms with Crippen LogP contribution in [0.1, 0.15) is 33.9 Å². The third-order valence-electron chi connectivity index (χ3n) is 6.52. The van der Waals surface area contributed by atoms with Gasteiger partial charge in [-0.05, 0) is 55.7 Å². The van der Waals surface area contributed by atoms with Gasteiger partial charge < -0.3 is 14.6 Å². The second-order valence-corrected chi connectivity index (χ2v) is 10.1. The van der Waals surface area contributed by atoms with Gasteiger partial charge in [0.2, 0.25) is 0 Å². The molecule has 0 unspecified atom stereocenters. The first-order chi connectivity index (χ1) is 17.7. The molecule has 3 aromatic carbocycles. The number of aliphatic hydroxyl groups excluding tert-OH is 1. The summed E-state index contributed by atoms with van der Waals surface area (Å²) in [6, 6.07) is 15.5. The van der Waals surface area contributed by atoms with Gasteiger partial charge in [0.15, 0.2) is 16.6 Å². The van der Waals surface area contributed by atoms with Crippen LogP contribution in [0.4, 0.5) is 5.13 Å². The van der Waals surface area contributed by atoms with E-state index in [2.05, 4.69) is 0 Å². The van der Waals surface area contributed by atoms with Crippen molar-refractivity contribution in [2.75, 3.05) is 19.1 Å². The van der Waals surface area contributed by atoms with Crippen molar-refractivity contribution in [3.05, 3.63) is 88.0 Å². The molecule has 1 N–H and O–H groups in total. The highest BCUT2D eigenvalue weighted by Crippen LogP contribution is 2.46. The van der Waals surface area contributed by atoms with Crippen LogP contribution in [0, 0.1) is 20.8 Å². The van der Waals surface area contributed by atoms with Crippen molar-refractivity contribution in [1.29, 1.82) is 0 Å².